The molecule has 14 heteroatoms. The Morgan fingerprint density at radius 1 is 1.46 bits per heavy atom. The van der Waals surface area contributed by atoms with E-state index in [0.717, 1.165) is 4.57 Å². The summed E-state index contributed by atoms with van der Waals surface area (Å²) in [5.41, 5.74) is 4.72. The third-order valence-electron chi connectivity index (χ3n) is 3.84. The van der Waals surface area contributed by atoms with Crippen molar-refractivity contribution in [3.63, 3.8) is 0 Å². The summed E-state index contributed by atoms with van der Waals surface area (Å²) < 4.78 is 21.6. The van der Waals surface area contributed by atoms with Gasteiger partial charge in [-0.15, -0.1) is 0 Å². The van der Waals surface area contributed by atoms with E-state index < -0.39 is 44.5 Å². The highest BCUT2D eigenvalue weighted by molar-refractivity contribution is 7.46. The van der Waals surface area contributed by atoms with Gasteiger partial charge in [0.25, 0.3) is 5.56 Å². The normalized spacial score (nSPS) is 26.3. The molecule has 1 fully saturated rings. The Bertz CT molecular complexity index is 990. The first kappa shape index (κ1) is 18.5. The summed E-state index contributed by atoms with van der Waals surface area (Å²) >= 11 is 0. The molecule has 1 saturated heterocycles. The van der Waals surface area contributed by atoms with Crippen LogP contribution in [0.2, 0.25) is 0 Å². The van der Waals surface area contributed by atoms with E-state index in [1.165, 1.54) is 6.20 Å². The van der Waals surface area contributed by atoms with Crippen molar-refractivity contribution in [1.82, 2.24) is 14.5 Å². The maximum Gasteiger partial charge on any atom is 0.469 e. The van der Waals surface area contributed by atoms with E-state index in [2.05, 4.69) is 14.5 Å². The number of phosphoric acid groups is 1. The lowest BCUT2D eigenvalue weighted by Gasteiger charge is -2.17. The van der Waals surface area contributed by atoms with Gasteiger partial charge in [0.2, 0.25) is 5.95 Å². The van der Waals surface area contributed by atoms with Gasteiger partial charge >= 0.3 is 7.82 Å². The molecule has 7 N–H and O–H groups in total. The first-order chi connectivity index (χ1) is 12.1. The lowest BCUT2D eigenvalue weighted by molar-refractivity contribution is -0.0501. The minimum atomic E-state index is -4.81. The number of nitrogens with two attached hydrogens (primary N) is 1. The number of nitrogens with one attached hydrogen (secondary N) is 1. The fourth-order valence-electron chi connectivity index (χ4n) is 2.72. The molecule has 0 aliphatic carbocycles. The Morgan fingerprint density at radius 3 is 2.77 bits per heavy atom. The summed E-state index contributed by atoms with van der Waals surface area (Å²) in [7, 11) is -4.81. The Labute approximate surface area is 144 Å². The zero-order valence-corrected chi connectivity index (χ0v) is 13.8. The molecule has 26 heavy (non-hydrogen) atoms. The molecule has 0 radical (unpaired) electrons. The molecule has 1 aliphatic rings. The number of anilines is 1. The van der Waals surface area contributed by atoms with Crippen LogP contribution in [-0.4, -0.2) is 59.5 Å². The van der Waals surface area contributed by atoms with Crippen LogP contribution < -0.4 is 11.3 Å². The summed E-state index contributed by atoms with van der Waals surface area (Å²) in [5.74, 6) is -0.235. The van der Waals surface area contributed by atoms with Gasteiger partial charge in [0, 0.05) is 6.20 Å². The van der Waals surface area contributed by atoms with Crippen molar-refractivity contribution >= 4 is 24.8 Å². The quantitative estimate of drug-likeness (QED) is 0.312. The van der Waals surface area contributed by atoms with Crippen LogP contribution in [-0.2, 0) is 13.8 Å². The first-order valence-electron chi connectivity index (χ1n) is 7.14. The van der Waals surface area contributed by atoms with Gasteiger partial charge in [0.05, 0.1) is 12.2 Å². The molecular formula is C12H14N5O8P. The second kappa shape index (κ2) is 6.45. The van der Waals surface area contributed by atoms with Gasteiger partial charge in [-0.25, -0.2) is 4.57 Å². The molecular weight excluding hydrogens is 373 g/mol. The average Bonchev–Trinajstić information content (AvgIpc) is 3.04. The number of H-pyrrole nitrogens is 1. The number of hydrogen-bond donors (Lipinski definition) is 6. The number of aliphatic hydroxyl groups is 2. The van der Waals surface area contributed by atoms with Crippen LogP contribution in [0.3, 0.4) is 0 Å². The highest BCUT2D eigenvalue weighted by atomic mass is 31.2. The van der Waals surface area contributed by atoms with Crippen LogP contribution in [0.15, 0.2) is 11.0 Å². The minimum Gasteiger partial charge on any atom is -0.387 e. The van der Waals surface area contributed by atoms with Crippen LogP contribution in [0.25, 0.3) is 11.0 Å². The van der Waals surface area contributed by atoms with Gasteiger partial charge in [0.1, 0.15) is 29.8 Å². The number of rotatable bonds is 4. The van der Waals surface area contributed by atoms with Crippen LogP contribution in [0, 0.1) is 11.3 Å². The fraction of sp³-hybridized carbons (Fsp3) is 0.417. The zero-order chi connectivity index (χ0) is 19.2. The van der Waals surface area contributed by atoms with Crippen molar-refractivity contribution in [2.75, 3.05) is 12.3 Å². The van der Waals surface area contributed by atoms with Crippen molar-refractivity contribution in [3.05, 3.63) is 22.1 Å². The van der Waals surface area contributed by atoms with Crippen LogP contribution in [0.4, 0.5) is 5.95 Å². The predicted octanol–water partition coefficient (Wildman–Crippen LogP) is -2.09. The number of nitriles is 1. The lowest BCUT2D eigenvalue weighted by Crippen LogP contribution is -2.33. The number of hydrogen-bond acceptors (Lipinski definition) is 9. The SMILES string of the molecule is N#Cc1cn([C@H]2O[C@H](COP(=O)(O)O)[C@@H](O)[C@H]2O)c2nc(N)[nH]c(=O)c12. The van der Waals surface area contributed by atoms with Crippen molar-refractivity contribution in [2.45, 2.75) is 24.5 Å². The van der Waals surface area contributed by atoms with Gasteiger partial charge in [-0.3, -0.25) is 14.3 Å². The number of ether oxygens (including phenoxy) is 1. The summed E-state index contributed by atoms with van der Waals surface area (Å²) in [6.45, 7) is -0.695. The Hall–Kier alpha value is -2.30. The standard InChI is InChI=1S/C12H14N5O8P/c13-1-4-2-17(9-6(4)10(20)16-12(14)15-9)11-8(19)7(18)5(25-11)3-24-26(21,22)23/h2,5,7-8,11,18-19H,3H2,(H2,21,22,23)(H3,14,15,16,20)/t5-,7-,8-,11+/m1/s1. The first-order valence-corrected chi connectivity index (χ1v) is 8.67. The van der Waals surface area contributed by atoms with Crippen molar-refractivity contribution in [3.8, 4) is 6.07 Å². The molecule has 4 atom stereocenters. The van der Waals surface area contributed by atoms with E-state index in [1.54, 1.807) is 0 Å². The third-order valence-corrected chi connectivity index (χ3v) is 4.32. The maximum atomic E-state index is 12.0. The Balaban J connectivity index is 2.00. The Morgan fingerprint density at radius 2 is 2.15 bits per heavy atom. The summed E-state index contributed by atoms with van der Waals surface area (Å²) in [6.07, 6.45) is -4.48. The highest BCUT2D eigenvalue weighted by Gasteiger charge is 2.45. The average molecular weight is 387 g/mol. The van der Waals surface area contributed by atoms with E-state index in [4.69, 9.17) is 20.3 Å². The molecule has 3 heterocycles. The molecule has 0 spiro atoms. The number of aromatic amines is 1. The number of aromatic nitrogens is 3. The highest BCUT2D eigenvalue weighted by Crippen LogP contribution is 2.39. The zero-order valence-electron chi connectivity index (χ0n) is 12.9. The number of nitrogen functional groups attached to an aromatic ring is 1. The van der Waals surface area contributed by atoms with Crippen LogP contribution in [0.1, 0.15) is 11.8 Å². The fourth-order valence-corrected chi connectivity index (χ4v) is 3.06. The topological polar surface area (TPSA) is 217 Å². The predicted molar refractivity (Wildman–Crippen MR) is 83.4 cm³/mol. The molecule has 0 aromatic carbocycles. The summed E-state index contributed by atoms with van der Waals surface area (Å²) in [4.78, 5) is 35.7. The van der Waals surface area contributed by atoms with E-state index in [-0.39, 0.29) is 22.5 Å². The van der Waals surface area contributed by atoms with E-state index >= 15 is 0 Å². The number of phosphoric ester groups is 1. The Kier molecular flexibility index (Phi) is 4.59. The van der Waals surface area contributed by atoms with Gasteiger partial charge in [-0.2, -0.15) is 10.2 Å². The van der Waals surface area contributed by atoms with Crippen molar-refractivity contribution in [2.24, 2.45) is 0 Å². The van der Waals surface area contributed by atoms with Crippen molar-refractivity contribution < 1.29 is 33.8 Å². The second-order valence-corrected chi connectivity index (χ2v) is 6.78. The third kappa shape index (κ3) is 3.22. The lowest BCUT2D eigenvalue weighted by atomic mass is 10.1. The largest absolute Gasteiger partial charge is 0.469 e. The number of aliphatic hydroxyl groups excluding tert-OH is 2. The van der Waals surface area contributed by atoms with Crippen LogP contribution >= 0.6 is 7.82 Å². The molecule has 1 aliphatic heterocycles. The summed E-state index contributed by atoms with van der Waals surface area (Å²) in [6, 6.07) is 1.81. The summed E-state index contributed by atoms with van der Waals surface area (Å²) in [5, 5.41) is 29.4. The number of nitrogens with zero attached hydrogens (tertiary/aromatic N) is 3. The molecule has 13 nitrogen and oxygen atoms in total. The van der Waals surface area contributed by atoms with E-state index in [1.807, 2.05) is 6.07 Å². The molecule has 2 aromatic rings. The molecule has 2 aromatic heterocycles. The minimum absolute atomic E-state index is 0.0596. The van der Waals surface area contributed by atoms with Crippen LogP contribution in [0.5, 0.6) is 0 Å². The van der Waals surface area contributed by atoms with E-state index in [0.29, 0.717) is 0 Å². The van der Waals surface area contributed by atoms with Gasteiger partial charge in [-0.05, 0) is 0 Å². The van der Waals surface area contributed by atoms with E-state index in [9.17, 15) is 24.8 Å². The molecule has 0 saturated carbocycles. The molecule has 3 rings (SSSR count). The number of fused-ring (bicyclic) bond motifs is 1. The van der Waals surface area contributed by atoms with Gasteiger partial charge in [-0.1, -0.05) is 0 Å². The molecule has 0 unspecified atom stereocenters. The molecule has 140 valence electrons. The monoisotopic (exact) mass is 387 g/mol. The molecule has 0 amide bonds. The van der Waals surface area contributed by atoms with Gasteiger partial charge in [0.15, 0.2) is 11.9 Å². The van der Waals surface area contributed by atoms with Gasteiger partial charge < -0.3 is 35.0 Å². The van der Waals surface area contributed by atoms with Crippen molar-refractivity contribution in [1.29, 1.82) is 5.26 Å². The maximum absolute atomic E-state index is 12.0. The second-order valence-electron chi connectivity index (χ2n) is 5.54. The molecule has 0 bridgehead atoms. The smallest absolute Gasteiger partial charge is 0.387 e.